The average Bonchev–Trinajstić information content (AvgIpc) is 3.30. The zero-order valence-electron chi connectivity index (χ0n) is 46.0. The van der Waals surface area contributed by atoms with E-state index in [1.54, 1.807) is 19.0 Å². The Morgan fingerprint density at radius 3 is 1.16 bits per heavy atom. The van der Waals surface area contributed by atoms with Gasteiger partial charge >= 0.3 is 162 Å². The van der Waals surface area contributed by atoms with Gasteiger partial charge in [0.1, 0.15) is 36.2 Å². The summed E-state index contributed by atoms with van der Waals surface area (Å²) in [6, 6.07) is 8.95. The summed E-state index contributed by atoms with van der Waals surface area (Å²) >= 11 is 5.35. The molecule has 0 saturated heterocycles. The molecular weight excluding hydrogens is 1480 g/mol. The number of non-ortho nitro benzene ring substituents is 3. The van der Waals surface area contributed by atoms with Crippen LogP contribution in [0.5, 0.6) is 23.0 Å². The third kappa shape index (κ3) is 45.3. The number of carbonyl (C=O) groups is 2. The minimum Gasteiger partial charge on any atom is -1.00 e. The Kier molecular flexibility index (Phi) is 49.7. The third-order valence-corrected chi connectivity index (χ3v) is 8.15. The third-order valence-electron chi connectivity index (χ3n) is 7.98. The number of nitro groups is 3. The van der Waals surface area contributed by atoms with Crippen molar-refractivity contribution in [3.63, 3.8) is 0 Å². The number of carbonyl (C=O) groups excluding carboxylic acids is 1. The van der Waals surface area contributed by atoms with Crippen LogP contribution in [0.25, 0.3) is 0 Å². The fourth-order valence-corrected chi connectivity index (χ4v) is 4.84. The molecule has 4 N–H and O–H groups in total. The molecule has 22 nitrogen and oxygen atoms in total. The Morgan fingerprint density at radius 1 is 0.610 bits per heavy atom. The van der Waals surface area contributed by atoms with E-state index in [-0.39, 0.29) is 194 Å². The first-order valence-corrected chi connectivity index (χ1v) is 21.6. The number of carboxylic acids is 1. The molecule has 0 amide bonds. The molecule has 0 heterocycles. The molecule has 0 aliphatic rings. The van der Waals surface area contributed by atoms with Crippen LogP contribution in [0, 0.1) is 30.3 Å². The molecule has 4 rings (SSSR count). The van der Waals surface area contributed by atoms with E-state index in [2.05, 4.69) is 9.62 Å². The van der Waals surface area contributed by atoms with Gasteiger partial charge in [-0.2, -0.15) is 52.7 Å². The van der Waals surface area contributed by atoms with Gasteiger partial charge in [0, 0.05) is 63.8 Å². The average molecular weight is 1530 g/mol. The van der Waals surface area contributed by atoms with Crippen LogP contribution in [0.15, 0.2) is 72.8 Å². The SMILES string of the molecule is Br.CC(=O)O.CN(C)CCCl.CN(C)CCOc1cc(N)cc(C(F)(F)F)c1.CN(C)CCOc1cc([N+](=O)[O-])cc(C(F)(F)F)c1.COc1cc([N+](=O)[O-])cc(C(F)(F)F)c1.O=CO[O-].O=[N+]([O-])c1cc(O)cc(C(F)(F)F)c1.[Cs+].[Cs+].[H-].[HH]. The van der Waals surface area contributed by atoms with Crippen LogP contribution in [0.2, 0.25) is 0 Å². The van der Waals surface area contributed by atoms with E-state index in [4.69, 9.17) is 51.9 Å². The van der Waals surface area contributed by atoms with Crippen LogP contribution in [-0.2, 0) is 39.2 Å². The topological polar surface area (TPSA) is 300 Å². The number of benzene rings is 4. The second-order valence-electron chi connectivity index (χ2n) is 15.4. The van der Waals surface area contributed by atoms with Crippen LogP contribution in [0.4, 0.5) is 75.4 Å². The molecule has 0 bridgehead atoms. The number of halogens is 14. The smallest absolute Gasteiger partial charge is 1.00 e. The maximum atomic E-state index is 12.6. The van der Waals surface area contributed by atoms with Crippen molar-refractivity contribution in [3.8, 4) is 23.0 Å². The summed E-state index contributed by atoms with van der Waals surface area (Å²) in [5, 5.41) is 55.7. The Balaban J connectivity index is -0.000000140. The fourth-order valence-electron chi connectivity index (χ4n) is 4.50. The first-order chi connectivity index (χ1) is 36.0. The first-order valence-electron chi connectivity index (χ1n) is 21.0. The number of methoxy groups -OCH3 is 1. The van der Waals surface area contributed by atoms with E-state index >= 15 is 0 Å². The number of phenolic OH excluding ortho intramolecular Hbond substituents is 1. The van der Waals surface area contributed by atoms with Gasteiger partial charge in [-0.05, 0) is 72.6 Å². The van der Waals surface area contributed by atoms with Crippen LogP contribution >= 0.6 is 28.6 Å². The Morgan fingerprint density at radius 2 is 0.890 bits per heavy atom. The van der Waals surface area contributed by atoms with Crippen molar-refractivity contribution in [1.29, 1.82) is 0 Å². The quantitative estimate of drug-likeness (QED) is 0.0288. The number of nitrogens with zero attached hydrogens (tertiary/aromatic N) is 6. The molecule has 0 radical (unpaired) electrons. The molecule has 0 fully saturated rings. The summed E-state index contributed by atoms with van der Waals surface area (Å²) in [4.78, 5) is 54.2. The number of carboxylic acid groups (broad SMARTS) is 1. The zero-order valence-corrected chi connectivity index (χ0v) is 60.1. The minimum absolute atomic E-state index is 0. The van der Waals surface area contributed by atoms with Gasteiger partial charge in [0.15, 0.2) is 0 Å². The van der Waals surface area contributed by atoms with Gasteiger partial charge in [0.05, 0.1) is 62.3 Å². The number of hydrogen-bond acceptors (Lipinski definition) is 18. The molecule has 82 heavy (non-hydrogen) atoms. The number of phenols is 1. The van der Waals surface area contributed by atoms with Crippen LogP contribution in [0.1, 0.15) is 32.0 Å². The van der Waals surface area contributed by atoms with Crippen molar-refractivity contribution >= 4 is 63.8 Å². The number of hydrogen-bond donors (Lipinski definition) is 3. The van der Waals surface area contributed by atoms with Gasteiger partial charge in [-0.3, -0.25) is 39.9 Å². The molecule has 0 aromatic heterocycles. The van der Waals surface area contributed by atoms with E-state index < -0.39 is 90.5 Å². The monoisotopic (exact) mass is 1530 g/mol. The number of ether oxygens (including phenoxy) is 3. The summed E-state index contributed by atoms with van der Waals surface area (Å²) in [5.41, 5.74) is -0.890. The van der Waals surface area contributed by atoms with Crippen LogP contribution in [-0.4, -0.2) is 140 Å². The molecular formula is C44H57BrClCs2F12N7O15. The van der Waals surface area contributed by atoms with Crippen molar-refractivity contribution in [3.05, 3.63) is 125 Å². The van der Waals surface area contributed by atoms with E-state index in [9.17, 15) is 83.0 Å². The van der Waals surface area contributed by atoms with Crippen LogP contribution < -0.4 is 163 Å². The Hall–Kier alpha value is -3.11. The summed E-state index contributed by atoms with van der Waals surface area (Å²) in [6.45, 7) is 3.45. The maximum absolute atomic E-state index is 12.6. The maximum Gasteiger partial charge on any atom is 1.00 e. The van der Waals surface area contributed by atoms with Crippen molar-refractivity contribution in [1.82, 2.24) is 14.7 Å². The largest absolute Gasteiger partial charge is 1.00 e. The molecule has 4 aromatic rings. The van der Waals surface area contributed by atoms with E-state index in [0.717, 1.165) is 56.8 Å². The molecule has 4 aromatic carbocycles. The number of nitrogens with two attached hydrogens (primary N) is 1. The summed E-state index contributed by atoms with van der Waals surface area (Å²) < 4.78 is 163. The van der Waals surface area contributed by atoms with Gasteiger partial charge in [-0.25, -0.2) is 0 Å². The number of nitro benzene ring substituents is 3. The summed E-state index contributed by atoms with van der Waals surface area (Å²) in [6.07, 6.45) is -18.4. The number of nitrogen functional groups attached to an aromatic ring is 1. The second-order valence-corrected chi connectivity index (χ2v) is 15.8. The summed E-state index contributed by atoms with van der Waals surface area (Å²) in [7, 11) is 12.4. The fraction of sp³-hybridized carbons (Fsp3) is 0.409. The summed E-state index contributed by atoms with van der Waals surface area (Å²) in [5.74, 6) is -1.11. The number of rotatable bonds is 15. The predicted octanol–water partition coefficient (Wildman–Crippen LogP) is 3.98. The van der Waals surface area contributed by atoms with Gasteiger partial charge < -0.3 is 56.4 Å². The predicted molar refractivity (Wildman–Crippen MR) is 270 cm³/mol. The standard InChI is InChI=1S/C11H13F3N2O3.C11H15F3N2O.C8H6F3NO3.C7H4F3NO3.C4H10ClN.C2H4O2.CH2O3.BrH.2Cs.H2.H/c1-15(2)3-4-19-10-6-8(11(12,13)14)5-9(7-10)16(17)18;1-16(2)3-4-17-10-6-8(11(12,13)14)5-9(15)7-10;1-15-7-3-5(8(9,10)11)2-6(4-7)12(13)14;8-7(9,10)4-1-5(11(13)14)3-6(12)2-4;1-6(2)4-3-5;1-2(3)4;2-1-4-3;;;;;/h5-7H,3-4H2,1-2H3;5-7H,3-4,15H2,1-2H3;2-4H,1H3;1-3,12H;3-4H2,1-2H3;1H3,(H,3,4);1,3H;1H;;;1H;/q;;;;;;;;2*+1;;-1/p-1. The van der Waals surface area contributed by atoms with E-state index in [1.165, 1.54) is 6.07 Å². The van der Waals surface area contributed by atoms with E-state index in [0.29, 0.717) is 56.1 Å². The number of anilines is 1. The van der Waals surface area contributed by atoms with Crippen molar-refractivity contribution in [2.75, 3.05) is 93.9 Å². The van der Waals surface area contributed by atoms with E-state index in [1.807, 2.05) is 38.0 Å². The van der Waals surface area contributed by atoms with Gasteiger partial charge in [0.25, 0.3) is 29.5 Å². The second kappa shape index (κ2) is 45.2. The molecule has 458 valence electrons. The van der Waals surface area contributed by atoms with Crippen molar-refractivity contribution < 1.29 is 252 Å². The van der Waals surface area contributed by atoms with Gasteiger partial charge in [-0.15, -0.1) is 28.6 Å². The molecule has 0 aliphatic carbocycles. The molecule has 0 spiro atoms. The minimum atomic E-state index is -4.70. The number of alkyl halides is 13. The van der Waals surface area contributed by atoms with Crippen LogP contribution in [0.3, 0.4) is 0 Å². The Labute approximate surface area is 596 Å². The Bertz CT molecular complexity index is 2540. The normalized spacial score (nSPS) is 10.5. The number of aromatic hydroxyl groups is 1. The number of likely N-dealkylation sites (N-methyl/N-ethyl adjacent to an activating group) is 2. The molecule has 38 heteroatoms. The molecule has 0 saturated carbocycles. The van der Waals surface area contributed by atoms with Gasteiger partial charge in [0.2, 0.25) is 0 Å². The first kappa shape index (κ1) is 90.1. The molecule has 0 unspecified atom stereocenters. The molecule has 0 aliphatic heterocycles. The van der Waals surface area contributed by atoms with Crippen molar-refractivity contribution in [2.24, 2.45) is 0 Å². The molecule has 0 atom stereocenters. The zero-order chi connectivity index (χ0) is 62.2. The number of aliphatic carboxylic acids is 1. The van der Waals surface area contributed by atoms with Crippen molar-refractivity contribution in [2.45, 2.75) is 31.6 Å². The van der Waals surface area contributed by atoms with Gasteiger partial charge in [-0.1, -0.05) is 0 Å².